The standard InChI is InChI=1S/C18H20BrF3N4O2S/c19-15-2-1-14(29-15)11-25-5-7-26(8-6-25)17(27)24-10-13-3-4-23-16(9-13)28-12-18(20,21)22/h1-4,9H,5-8,10-12H2,(H,24,27). The maximum atomic E-state index is 12.4. The summed E-state index contributed by atoms with van der Waals surface area (Å²) in [5.41, 5.74) is 0.618. The minimum absolute atomic E-state index is 0.122. The number of nitrogens with one attached hydrogen (secondary N) is 1. The van der Waals surface area contributed by atoms with E-state index in [-0.39, 0.29) is 18.5 Å². The van der Waals surface area contributed by atoms with E-state index in [4.69, 9.17) is 0 Å². The van der Waals surface area contributed by atoms with Crippen molar-refractivity contribution in [1.29, 1.82) is 0 Å². The fraction of sp³-hybridized carbons (Fsp3) is 0.444. The van der Waals surface area contributed by atoms with Crippen LogP contribution in [0.3, 0.4) is 0 Å². The Morgan fingerprint density at radius 3 is 2.66 bits per heavy atom. The van der Waals surface area contributed by atoms with Crippen LogP contribution in [0.1, 0.15) is 10.4 Å². The predicted molar refractivity (Wildman–Crippen MR) is 107 cm³/mol. The first-order valence-corrected chi connectivity index (χ1v) is 10.5. The quantitative estimate of drug-likeness (QED) is 0.664. The van der Waals surface area contributed by atoms with E-state index >= 15 is 0 Å². The molecule has 3 heterocycles. The van der Waals surface area contributed by atoms with Gasteiger partial charge in [-0.15, -0.1) is 11.3 Å². The summed E-state index contributed by atoms with van der Waals surface area (Å²) in [5, 5.41) is 2.79. The zero-order valence-corrected chi connectivity index (χ0v) is 17.8. The molecule has 1 N–H and O–H groups in total. The Labute approximate surface area is 178 Å². The summed E-state index contributed by atoms with van der Waals surface area (Å²) in [6.07, 6.45) is -3.07. The van der Waals surface area contributed by atoms with Crippen LogP contribution in [-0.4, -0.2) is 59.8 Å². The van der Waals surface area contributed by atoms with E-state index in [9.17, 15) is 18.0 Å². The number of hydrogen-bond donors (Lipinski definition) is 1. The van der Waals surface area contributed by atoms with Crippen LogP contribution in [0.15, 0.2) is 34.2 Å². The molecular weight excluding hydrogens is 473 g/mol. The van der Waals surface area contributed by atoms with Gasteiger partial charge in [0.1, 0.15) is 0 Å². The van der Waals surface area contributed by atoms with Crippen molar-refractivity contribution in [2.45, 2.75) is 19.3 Å². The highest BCUT2D eigenvalue weighted by Crippen LogP contribution is 2.23. The zero-order chi connectivity index (χ0) is 20.9. The number of aromatic nitrogens is 1. The molecule has 1 aliphatic rings. The first kappa shape index (κ1) is 21.8. The highest BCUT2D eigenvalue weighted by Gasteiger charge is 2.28. The van der Waals surface area contributed by atoms with Crippen molar-refractivity contribution in [3.63, 3.8) is 0 Å². The fourth-order valence-corrected chi connectivity index (χ4v) is 4.38. The minimum atomic E-state index is -4.42. The van der Waals surface area contributed by atoms with Crippen molar-refractivity contribution >= 4 is 33.3 Å². The molecular formula is C18H20BrF3N4O2S. The predicted octanol–water partition coefficient (Wildman–Crippen LogP) is 3.87. The maximum absolute atomic E-state index is 12.4. The van der Waals surface area contributed by atoms with E-state index in [2.05, 4.69) is 41.9 Å². The highest BCUT2D eigenvalue weighted by atomic mass is 79.9. The van der Waals surface area contributed by atoms with Gasteiger partial charge in [-0.25, -0.2) is 9.78 Å². The van der Waals surface area contributed by atoms with E-state index in [1.807, 2.05) is 6.07 Å². The van der Waals surface area contributed by atoms with E-state index < -0.39 is 12.8 Å². The van der Waals surface area contributed by atoms with Crippen molar-refractivity contribution in [3.8, 4) is 5.88 Å². The number of nitrogens with zero attached hydrogens (tertiary/aromatic N) is 3. The third-order valence-corrected chi connectivity index (χ3v) is 5.90. The molecule has 2 aromatic rings. The number of halogens is 4. The summed E-state index contributed by atoms with van der Waals surface area (Å²) < 4.78 is 42.4. The number of carbonyl (C=O) groups excluding carboxylic acids is 1. The van der Waals surface area contributed by atoms with Crippen LogP contribution in [0.2, 0.25) is 0 Å². The van der Waals surface area contributed by atoms with Crippen molar-refractivity contribution in [2.75, 3.05) is 32.8 Å². The lowest BCUT2D eigenvalue weighted by Crippen LogP contribution is -2.51. The van der Waals surface area contributed by atoms with Gasteiger partial charge in [0.2, 0.25) is 5.88 Å². The molecule has 158 valence electrons. The molecule has 0 aliphatic carbocycles. The lowest BCUT2D eigenvalue weighted by Gasteiger charge is -2.34. The van der Waals surface area contributed by atoms with Gasteiger partial charge < -0.3 is 15.0 Å². The number of ether oxygens (including phenoxy) is 1. The number of urea groups is 1. The van der Waals surface area contributed by atoms with Crippen LogP contribution >= 0.6 is 27.3 Å². The van der Waals surface area contributed by atoms with Crippen LogP contribution in [-0.2, 0) is 13.1 Å². The Balaban J connectivity index is 1.42. The molecule has 0 aromatic carbocycles. The van der Waals surface area contributed by atoms with Gasteiger partial charge in [0.25, 0.3) is 0 Å². The normalized spacial score (nSPS) is 15.4. The second kappa shape index (κ2) is 9.77. The van der Waals surface area contributed by atoms with Crippen molar-refractivity contribution in [3.05, 3.63) is 44.7 Å². The van der Waals surface area contributed by atoms with E-state index in [1.54, 1.807) is 22.3 Å². The lowest BCUT2D eigenvalue weighted by atomic mass is 10.2. The number of rotatable bonds is 6. The molecule has 1 fully saturated rings. The third-order valence-electron chi connectivity index (χ3n) is 4.29. The number of carbonyl (C=O) groups is 1. The summed E-state index contributed by atoms with van der Waals surface area (Å²) in [7, 11) is 0. The van der Waals surface area contributed by atoms with Crippen LogP contribution in [0.25, 0.3) is 0 Å². The van der Waals surface area contributed by atoms with Gasteiger partial charge in [0, 0.05) is 56.4 Å². The smallest absolute Gasteiger partial charge is 0.422 e. The fourth-order valence-electron chi connectivity index (χ4n) is 2.85. The molecule has 0 saturated carbocycles. The molecule has 11 heteroatoms. The summed E-state index contributed by atoms with van der Waals surface area (Å²) in [5.74, 6) is -0.122. The van der Waals surface area contributed by atoms with Gasteiger partial charge in [-0.3, -0.25) is 4.90 Å². The Morgan fingerprint density at radius 2 is 2.00 bits per heavy atom. The largest absolute Gasteiger partial charge is 0.468 e. The van der Waals surface area contributed by atoms with Crippen molar-refractivity contribution < 1.29 is 22.7 Å². The van der Waals surface area contributed by atoms with E-state index in [0.717, 1.165) is 23.4 Å². The van der Waals surface area contributed by atoms with Gasteiger partial charge in [0.15, 0.2) is 6.61 Å². The van der Waals surface area contributed by atoms with Crippen LogP contribution < -0.4 is 10.1 Å². The summed E-state index contributed by atoms with van der Waals surface area (Å²) in [4.78, 5) is 21.4. The summed E-state index contributed by atoms with van der Waals surface area (Å²) in [6, 6.07) is 6.94. The van der Waals surface area contributed by atoms with Gasteiger partial charge in [-0.2, -0.15) is 13.2 Å². The number of thiophene rings is 1. The van der Waals surface area contributed by atoms with Crippen LogP contribution in [0, 0.1) is 0 Å². The average Bonchev–Trinajstić information content (AvgIpc) is 3.09. The molecule has 0 spiro atoms. The molecule has 0 unspecified atom stereocenters. The maximum Gasteiger partial charge on any atom is 0.422 e. The molecule has 0 atom stereocenters. The summed E-state index contributed by atoms with van der Waals surface area (Å²) in [6.45, 7) is 2.46. The number of hydrogen-bond acceptors (Lipinski definition) is 5. The number of piperazine rings is 1. The summed E-state index contributed by atoms with van der Waals surface area (Å²) >= 11 is 5.17. The second-order valence-corrected chi connectivity index (χ2v) is 9.08. The van der Waals surface area contributed by atoms with Gasteiger partial charge in [-0.1, -0.05) is 0 Å². The molecule has 2 aromatic heterocycles. The Kier molecular flexibility index (Phi) is 7.36. The highest BCUT2D eigenvalue weighted by molar-refractivity contribution is 9.11. The molecule has 0 bridgehead atoms. The Morgan fingerprint density at radius 1 is 1.24 bits per heavy atom. The van der Waals surface area contributed by atoms with Gasteiger partial charge in [0.05, 0.1) is 3.79 Å². The van der Waals surface area contributed by atoms with E-state index in [1.165, 1.54) is 17.1 Å². The van der Waals surface area contributed by atoms with Crippen molar-refractivity contribution in [1.82, 2.24) is 20.1 Å². The zero-order valence-electron chi connectivity index (χ0n) is 15.4. The van der Waals surface area contributed by atoms with Crippen LogP contribution in [0.5, 0.6) is 5.88 Å². The molecule has 3 rings (SSSR count). The molecule has 29 heavy (non-hydrogen) atoms. The molecule has 0 radical (unpaired) electrons. The SMILES string of the molecule is O=C(NCc1ccnc(OCC(F)(F)F)c1)N1CCN(Cc2ccc(Br)s2)CC1. The third kappa shape index (κ3) is 7.16. The van der Waals surface area contributed by atoms with Gasteiger partial charge >= 0.3 is 12.2 Å². The van der Waals surface area contributed by atoms with Gasteiger partial charge in [-0.05, 0) is 39.7 Å². The Hall–Kier alpha value is -1.85. The molecule has 2 amide bonds. The number of amides is 2. The van der Waals surface area contributed by atoms with Crippen molar-refractivity contribution in [2.24, 2.45) is 0 Å². The number of pyridine rings is 1. The van der Waals surface area contributed by atoms with E-state index in [0.29, 0.717) is 18.7 Å². The molecule has 1 saturated heterocycles. The minimum Gasteiger partial charge on any atom is -0.468 e. The second-order valence-electron chi connectivity index (χ2n) is 6.53. The first-order valence-electron chi connectivity index (χ1n) is 8.92. The Bertz CT molecular complexity index is 825. The van der Waals surface area contributed by atoms with Crippen LogP contribution in [0.4, 0.5) is 18.0 Å². The molecule has 1 aliphatic heterocycles. The average molecular weight is 493 g/mol. The monoisotopic (exact) mass is 492 g/mol. The lowest BCUT2D eigenvalue weighted by molar-refractivity contribution is -0.154. The number of alkyl halides is 3. The first-order chi connectivity index (χ1) is 13.8. The topological polar surface area (TPSA) is 57.7 Å². The molecule has 6 nitrogen and oxygen atoms in total.